The molecule has 0 bridgehead atoms. The second-order valence-electron chi connectivity index (χ2n) is 24.8. The summed E-state index contributed by atoms with van der Waals surface area (Å²) in [6, 6.07) is 39.0. The molecule has 0 saturated heterocycles. The van der Waals surface area contributed by atoms with Gasteiger partial charge in [0, 0.05) is 38.1 Å². The molecule has 0 atom stereocenters. The molecule has 2 aliphatic carbocycles. The highest BCUT2D eigenvalue weighted by Gasteiger charge is 2.49. The second-order valence-corrected chi connectivity index (χ2v) is 24.8. The van der Waals surface area contributed by atoms with Crippen molar-refractivity contribution in [3.05, 3.63) is 148 Å². The largest absolute Gasteiger partial charge is 0.311 e. The molecule has 2 nitrogen and oxygen atoms in total. The maximum Gasteiger partial charge on any atom is 0.252 e. The summed E-state index contributed by atoms with van der Waals surface area (Å²) in [4.78, 5) is 4.95. The maximum absolute atomic E-state index is 9.21. The van der Waals surface area contributed by atoms with Crippen LogP contribution < -0.4 is 26.2 Å². The minimum Gasteiger partial charge on any atom is -0.311 e. The fourth-order valence-corrected chi connectivity index (χ4v) is 12.4. The number of anilines is 6. The van der Waals surface area contributed by atoms with Crippen molar-refractivity contribution in [3.8, 4) is 11.1 Å². The SMILES string of the molecule is [2H]C([2H])([2H])c1cc2c3c(c1)N(c1ccc(C(C)(C)C)cc1-c1ccccc1)c1cc4c(cc1B3c1ccc(C(C)(C)C)cc1N2c1cc2c(cc1C)C(C)(C)CCC2(C)C)C(C)(C)CC4(C)C. The molecule has 10 rings (SSSR count). The molecule has 3 heteroatoms. The Morgan fingerprint density at radius 1 is 0.500 bits per heavy atom. The molecule has 0 aromatic heterocycles. The minimum atomic E-state index is -2.37. The normalized spacial score (nSPS) is 19.4. The average Bonchev–Trinajstić information content (AvgIpc) is 3.42. The summed E-state index contributed by atoms with van der Waals surface area (Å²) in [5.74, 6) is 0. The van der Waals surface area contributed by atoms with E-state index in [0.717, 1.165) is 70.0 Å². The van der Waals surface area contributed by atoms with Crippen LogP contribution in [0.3, 0.4) is 0 Å². The third-order valence-corrected chi connectivity index (χ3v) is 16.0. The van der Waals surface area contributed by atoms with Crippen LogP contribution >= 0.6 is 0 Å². The number of benzene rings is 6. The number of nitrogens with zero attached hydrogens (tertiary/aromatic N) is 2. The first-order chi connectivity index (χ1) is 31.0. The molecule has 0 spiro atoms. The van der Waals surface area contributed by atoms with Gasteiger partial charge in [-0.15, -0.1) is 0 Å². The van der Waals surface area contributed by atoms with Crippen LogP contribution in [-0.4, -0.2) is 6.71 Å². The Morgan fingerprint density at radius 2 is 1.02 bits per heavy atom. The fourth-order valence-electron chi connectivity index (χ4n) is 12.4. The molecule has 6 aromatic rings. The van der Waals surface area contributed by atoms with Crippen molar-refractivity contribution in [2.75, 3.05) is 9.80 Å². The quantitative estimate of drug-likeness (QED) is 0.164. The van der Waals surface area contributed by atoms with Crippen molar-refractivity contribution in [1.82, 2.24) is 0 Å². The van der Waals surface area contributed by atoms with E-state index in [-0.39, 0.29) is 39.2 Å². The van der Waals surface area contributed by atoms with Crippen molar-refractivity contribution >= 4 is 57.2 Å². The van der Waals surface area contributed by atoms with Gasteiger partial charge in [-0.25, -0.2) is 0 Å². The third-order valence-electron chi connectivity index (χ3n) is 16.0. The predicted octanol–water partition coefficient (Wildman–Crippen LogP) is 15.0. The number of rotatable bonds is 3. The summed E-state index contributed by atoms with van der Waals surface area (Å²) in [5.41, 5.74) is 21.6. The Hall–Kier alpha value is -5.02. The molecule has 328 valence electrons. The zero-order valence-corrected chi connectivity index (χ0v) is 41.4. The van der Waals surface area contributed by atoms with Gasteiger partial charge in [0.15, 0.2) is 0 Å². The Morgan fingerprint density at radius 3 is 1.62 bits per heavy atom. The lowest BCUT2D eigenvalue weighted by atomic mass is 9.33. The van der Waals surface area contributed by atoms with Crippen molar-refractivity contribution in [3.63, 3.8) is 0 Å². The molecule has 0 unspecified atom stereocenters. The van der Waals surface area contributed by atoms with Gasteiger partial charge in [-0.1, -0.05) is 158 Å². The standard InChI is InChI=1S/C61H71BN2/c1-37-28-53-55-54(29-37)64(50-34-45-43(30-38(50)2)58(9,10)26-27-59(45,11)12)51-32-41(57(6,7)8)22-24-47(51)62(55)48-33-44-46(61(15,16)36-60(44,13)14)35-52(48)63(53)49-25-23-40(56(3,4)5)31-42(49)39-20-18-17-19-21-39/h17-25,28-35H,26-27,36H2,1-16H3/i1D3. The molecule has 0 radical (unpaired) electrons. The summed E-state index contributed by atoms with van der Waals surface area (Å²) >= 11 is 0. The predicted molar refractivity (Wildman–Crippen MR) is 279 cm³/mol. The van der Waals surface area contributed by atoms with E-state index in [2.05, 4.69) is 205 Å². The topological polar surface area (TPSA) is 6.48 Å². The lowest BCUT2D eigenvalue weighted by Crippen LogP contribution is -2.61. The molecule has 4 aliphatic rings. The van der Waals surface area contributed by atoms with Crippen LogP contribution in [0.5, 0.6) is 0 Å². The van der Waals surface area contributed by atoms with Crippen molar-refractivity contribution in [2.45, 2.75) is 162 Å². The van der Waals surface area contributed by atoms with Crippen LogP contribution in [0, 0.1) is 13.8 Å². The molecule has 6 aromatic carbocycles. The van der Waals surface area contributed by atoms with Crippen LogP contribution in [0.15, 0.2) is 103 Å². The van der Waals surface area contributed by atoms with Gasteiger partial charge in [-0.05, 0) is 174 Å². The molecule has 0 fully saturated rings. The highest BCUT2D eigenvalue weighted by Crippen LogP contribution is 2.55. The van der Waals surface area contributed by atoms with Gasteiger partial charge < -0.3 is 9.80 Å². The first kappa shape index (κ1) is 39.4. The van der Waals surface area contributed by atoms with E-state index in [9.17, 15) is 4.11 Å². The van der Waals surface area contributed by atoms with Crippen LogP contribution in [0.1, 0.15) is 165 Å². The summed E-state index contributed by atoms with van der Waals surface area (Å²) in [6.07, 6.45) is 3.29. The number of aryl methyl sites for hydroxylation is 2. The van der Waals surface area contributed by atoms with Gasteiger partial charge >= 0.3 is 0 Å². The van der Waals surface area contributed by atoms with Crippen molar-refractivity contribution in [1.29, 1.82) is 0 Å². The molecule has 64 heavy (non-hydrogen) atoms. The van der Waals surface area contributed by atoms with E-state index in [0.29, 0.717) is 5.56 Å². The molecule has 0 saturated carbocycles. The monoisotopic (exact) mass is 846 g/mol. The van der Waals surface area contributed by atoms with Gasteiger partial charge in [0.2, 0.25) is 0 Å². The zero-order valence-electron chi connectivity index (χ0n) is 44.4. The second kappa shape index (κ2) is 13.8. The van der Waals surface area contributed by atoms with E-state index >= 15 is 0 Å². The summed E-state index contributed by atoms with van der Waals surface area (Å²) < 4.78 is 27.6. The molecule has 0 N–H and O–H groups in total. The highest BCUT2D eigenvalue weighted by molar-refractivity contribution is 7.00. The summed E-state index contributed by atoms with van der Waals surface area (Å²) in [5, 5.41) is 0. The third kappa shape index (κ3) is 6.48. The van der Waals surface area contributed by atoms with E-state index in [1.165, 1.54) is 49.9 Å². The summed E-state index contributed by atoms with van der Waals surface area (Å²) in [7, 11) is 0. The number of fused-ring (bicyclic) bond motifs is 6. The lowest BCUT2D eigenvalue weighted by Gasteiger charge is -2.47. The fraction of sp³-hybridized carbons (Fsp3) is 0.410. The molecular formula is C61H71BN2. The Balaban J connectivity index is 1.38. The Kier molecular flexibility index (Phi) is 8.46. The molecule has 2 heterocycles. The van der Waals surface area contributed by atoms with Crippen LogP contribution in [0.2, 0.25) is 0 Å². The Labute approximate surface area is 390 Å². The van der Waals surface area contributed by atoms with Crippen LogP contribution in [-0.2, 0) is 32.5 Å². The molecule has 0 amide bonds. The highest BCUT2D eigenvalue weighted by atomic mass is 15.2. The summed E-state index contributed by atoms with van der Waals surface area (Å²) in [6.45, 7) is 32.7. The van der Waals surface area contributed by atoms with E-state index in [1.54, 1.807) is 0 Å². The van der Waals surface area contributed by atoms with Gasteiger partial charge in [0.25, 0.3) is 6.71 Å². The zero-order chi connectivity index (χ0) is 48.3. The van der Waals surface area contributed by atoms with Crippen LogP contribution in [0.4, 0.5) is 34.1 Å². The van der Waals surface area contributed by atoms with E-state index < -0.39 is 6.85 Å². The lowest BCUT2D eigenvalue weighted by molar-refractivity contribution is 0.332. The van der Waals surface area contributed by atoms with Crippen LogP contribution in [0.25, 0.3) is 11.1 Å². The van der Waals surface area contributed by atoms with Crippen molar-refractivity contribution in [2.24, 2.45) is 0 Å². The van der Waals surface area contributed by atoms with E-state index in [1.807, 2.05) is 12.1 Å². The van der Waals surface area contributed by atoms with Gasteiger partial charge in [0.1, 0.15) is 0 Å². The first-order valence-electron chi connectivity index (χ1n) is 25.5. The maximum atomic E-state index is 9.21. The van der Waals surface area contributed by atoms with Gasteiger partial charge in [0.05, 0.1) is 5.69 Å². The average molecular weight is 846 g/mol. The molecular weight excluding hydrogens is 771 g/mol. The van der Waals surface area contributed by atoms with E-state index in [4.69, 9.17) is 0 Å². The minimum absolute atomic E-state index is 0.0224. The molecule has 2 aliphatic heterocycles. The first-order valence-corrected chi connectivity index (χ1v) is 24.0. The Bertz CT molecular complexity index is 3030. The number of hydrogen-bond donors (Lipinski definition) is 0. The smallest absolute Gasteiger partial charge is 0.252 e. The van der Waals surface area contributed by atoms with Gasteiger partial charge in [-0.3, -0.25) is 0 Å². The van der Waals surface area contributed by atoms with Crippen molar-refractivity contribution < 1.29 is 4.11 Å². The van der Waals surface area contributed by atoms with Gasteiger partial charge in [-0.2, -0.15) is 0 Å². The number of hydrogen-bond acceptors (Lipinski definition) is 2.